The van der Waals surface area contributed by atoms with Crippen molar-refractivity contribution in [2.45, 2.75) is 32.6 Å². The van der Waals surface area contributed by atoms with E-state index in [-0.39, 0.29) is 0 Å². The average Bonchev–Trinajstić information content (AvgIpc) is 3.23. The highest BCUT2D eigenvalue weighted by Gasteiger charge is 2.39. The number of aryl methyl sites for hydroxylation is 1. The van der Waals surface area contributed by atoms with Crippen LogP contribution in [0.3, 0.4) is 0 Å². The second-order valence-corrected chi connectivity index (χ2v) is 7.41. The molecular weight excluding hydrogens is 288 g/mol. The number of hydrogen-bond acceptors (Lipinski definition) is 2. The van der Waals surface area contributed by atoms with Gasteiger partial charge in [0.05, 0.1) is 10.6 Å². The van der Waals surface area contributed by atoms with Crippen LogP contribution in [0.25, 0.3) is 0 Å². The van der Waals surface area contributed by atoms with Crippen LogP contribution in [-0.4, -0.2) is 4.98 Å². The molecule has 3 N–H and O–H groups in total. The van der Waals surface area contributed by atoms with Gasteiger partial charge in [0.15, 0.2) is 0 Å². The largest absolute Gasteiger partial charge is 0.330 e. The molecule has 3 heteroatoms. The molecule has 1 aromatic rings. The molecule has 2 nitrogen and oxygen atoms in total. The number of hydrogen-bond donors (Lipinski definition) is 1. The zero-order valence-corrected chi connectivity index (χ0v) is 14.0. The molecule has 3 rings (SSSR count). The maximum absolute atomic E-state index is 4.36. The Hall–Kier alpha value is -1.63. The molecule has 2 aliphatic carbocycles. The van der Waals surface area contributed by atoms with Crippen molar-refractivity contribution in [2.24, 2.45) is 17.8 Å². The molecule has 3 unspecified atom stereocenters. The van der Waals surface area contributed by atoms with E-state index in [1.807, 2.05) is 18.4 Å². The lowest BCUT2D eigenvalue weighted by atomic mass is 9.83. The van der Waals surface area contributed by atoms with Crippen LogP contribution in [0, 0.1) is 36.5 Å². The fourth-order valence-corrected chi connectivity index (χ4v) is 4.28. The first-order valence-electron chi connectivity index (χ1n) is 7.96. The van der Waals surface area contributed by atoms with Crippen molar-refractivity contribution < 1.29 is 5.73 Å². The average molecular weight is 311 g/mol. The summed E-state index contributed by atoms with van der Waals surface area (Å²) in [6.07, 6.45) is 11.6. The van der Waals surface area contributed by atoms with Crippen molar-refractivity contribution in [3.8, 4) is 11.8 Å². The predicted octanol–water partition coefficient (Wildman–Crippen LogP) is 3.48. The van der Waals surface area contributed by atoms with Crippen LogP contribution in [0.5, 0.6) is 0 Å². The Kier molecular flexibility index (Phi) is 4.61. The van der Waals surface area contributed by atoms with Crippen molar-refractivity contribution in [3.63, 3.8) is 0 Å². The molecule has 1 aromatic heterocycles. The quantitative estimate of drug-likeness (QED) is 0.674. The Morgan fingerprint density at radius 3 is 2.86 bits per heavy atom. The van der Waals surface area contributed by atoms with Gasteiger partial charge in [-0.25, -0.2) is 4.98 Å². The topological polar surface area (TPSA) is 40.5 Å². The van der Waals surface area contributed by atoms with E-state index in [0.29, 0.717) is 5.92 Å². The van der Waals surface area contributed by atoms with E-state index in [9.17, 15) is 0 Å². The van der Waals surface area contributed by atoms with Gasteiger partial charge in [-0.15, -0.1) is 11.3 Å². The molecule has 2 bridgehead atoms. The maximum Gasteiger partial charge on any atom is 0.124 e. The van der Waals surface area contributed by atoms with E-state index in [4.69, 9.17) is 0 Å². The molecule has 0 amide bonds. The van der Waals surface area contributed by atoms with Gasteiger partial charge in [0.25, 0.3) is 0 Å². The van der Waals surface area contributed by atoms with E-state index in [2.05, 4.69) is 35.2 Å². The molecule has 0 aliphatic heterocycles. The number of rotatable bonds is 3. The molecule has 0 radical (unpaired) electrons. The number of quaternary nitrogens is 1. The Bertz CT molecular complexity index is 684. The first kappa shape index (κ1) is 15.3. The highest BCUT2D eigenvalue weighted by molar-refractivity contribution is 7.09. The van der Waals surface area contributed by atoms with Crippen LogP contribution < -0.4 is 5.73 Å². The first-order valence-corrected chi connectivity index (χ1v) is 8.84. The van der Waals surface area contributed by atoms with Crippen molar-refractivity contribution in [2.75, 3.05) is 0 Å². The predicted molar refractivity (Wildman–Crippen MR) is 91.9 cm³/mol. The smallest absolute Gasteiger partial charge is 0.124 e. The second-order valence-electron chi connectivity index (χ2n) is 6.35. The third-order valence-corrected chi connectivity index (χ3v) is 5.64. The molecule has 2 fully saturated rings. The fourth-order valence-electron chi connectivity index (χ4n) is 3.74. The highest BCUT2D eigenvalue weighted by atomic mass is 32.1. The summed E-state index contributed by atoms with van der Waals surface area (Å²) >= 11 is 1.62. The summed E-state index contributed by atoms with van der Waals surface area (Å²) in [5.74, 6) is 8.76. The van der Waals surface area contributed by atoms with Crippen LogP contribution in [0.2, 0.25) is 0 Å². The summed E-state index contributed by atoms with van der Waals surface area (Å²) in [6.45, 7) is 6.28. The van der Waals surface area contributed by atoms with Gasteiger partial charge in [-0.05, 0) is 55.9 Å². The van der Waals surface area contributed by atoms with Gasteiger partial charge in [-0.3, -0.25) is 0 Å². The Labute approximate surface area is 136 Å². The molecule has 0 aromatic carbocycles. The van der Waals surface area contributed by atoms with Crippen LogP contribution in [0.1, 0.15) is 36.4 Å². The molecule has 3 atom stereocenters. The highest BCUT2D eigenvalue weighted by Crippen LogP contribution is 2.50. The number of allylic oxidation sites excluding steroid dienone is 4. The molecular formula is C19H23N2S+. The van der Waals surface area contributed by atoms with Gasteiger partial charge in [0.2, 0.25) is 0 Å². The number of thiazole rings is 1. The van der Waals surface area contributed by atoms with Gasteiger partial charge >= 0.3 is 0 Å². The van der Waals surface area contributed by atoms with Gasteiger partial charge in [0.1, 0.15) is 11.9 Å². The SMILES string of the molecule is C=C(/C=C\C(C#Cc1csc(C)n1)=C/[NH3+])C1CC2CCC1C2. The molecule has 2 saturated carbocycles. The first-order chi connectivity index (χ1) is 10.7. The molecule has 114 valence electrons. The van der Waals surface area contributed by atoms with Crippen molar-refractivity contribution in [3.05, 3.63) is 52.2 Å². The van der Waals surface area contributed by atoms with Crippen LogP contribution in [0.4, 0.5) is 0 Å². The van der Waals surface area contributed by atoms with E-state index >= 15 is 0 Å². The summed E-state index contributed by atoms with van der Waals surface area (Å²) in [7, 11) is 0. The van der Waals surface area contributed by atoms with Gasteiger partial charge < -0.3 is 5.73 Å². The monoisotopic (exact) mass is 311 g/mol. The summed E-state index contributed by atoms with van der Waals surface area (Å²) in [5.41, 5.74) is 6.88. The van der Waals surface area contributed by atoms with E-state index in [1.54, 1.807) is 17.5 Å². The Balaban J connectivity index is 1.63. The summed E-state index contributed by atoms with van der Waals surface area (Å²) < 4.78 is 0. The lowest BCUT2D eigenvalue weighted by Gasteiger charge is -2.21. The van der Waals surface area contributed by atoms with Crippen LogP contribution in [-0.2, 0) is 0 Å². The van der Waals surface area contributed by atoms with Crippen molar-refractivity contribution >= 4 is 11.3 Å². The lowest BCUT2D eigenvalue weighted by molar-refractivity contribution is -0.275. The van der Waals surface area contributed by atoms with E-state index < -0.39 is 0 Å². The van der Waals surface area contributed by atoms with Crippen molar-refractivity contribution in [1.29, 1.82) is 0 Å². The molecule has 2 aliphatic rings. The van der Waals surface area contributed by atoms with Crippen LogP contribution in [0.15, 0.2) is 41.5 Å². The Morgan fingerprint density at radius 1 is 1.41 bits per heavy atom. The van der Waals surface area contributed by atoms with Crippen molar-refractivity contribution in [1.82, 2.24) is 4.98 Å². The molecule has 0 spiro atoms. The minimum Gasteiger partial charge on any atom is -0.330 e. The van der Waals surface area contributed by atoms with Gasteiger partial charge in [-0.1, -0.05) is 30.6 Å². The second kappa shape index (κ2) is 6.64. The minimum absolute atomic E-state index is 0.690. The zero-order chi connectivity index (χ0) is 15.5. The summed E-state index contributed by atoms with van der Waals surface area (Å²) in [6, 6.07) is 0. The van der Waals surface area contributed by atoms with Gasteiger partial charge in [-0.2, -0.15) is 0 Å². The summed E-state index contributed by atoms with van der Waals surface area (Å²) in [5, 5.41) is 3.03. The third-order valence-electron chi connectivity index (χ3n) is 4.87. The summed E-state index contributed by atoms with van der Waals surface area (Å²) in [4.78, 5) is 4.36. The van der Waals surface area contributed by atoms with Gasteiger partial charge in [0, 0.05) is 5.38 Å². The number of nitrogens with zero attached hydrogens (tertiary/aromatic N) is 1. The standard InChI is InChI=1S/C19H22N2S/c1-13(19-10-16-5-7-17(19)9-16)3-4-15(11-20)6-8-18-12-22-14(2)21-18/h3-4,11-12,16-17,19H,1,5,7,9-10,20H2,2H3/p+1/b4-3-,15-11+. The van der Waals surface area contributed by atoms with Crippen LogP contribution >= 0.6 is 11.3 Å². The number of fused-ring (bicyclic) bond motifs is 2. The maximum atomic E-state index is 4.36. The molecule has 0 saturated heterocycles. The normalized spacial score (nSPS) is 27.2. The van der Waals surface area contributed by atoms with E-state index in [1.165, 1.54) is 31.3 Å². The lowest BCUT2D eigenvalue weighted by Crippen LogP contribution is -2.39. The number of aromatic nitrogens is 1. The Morgan fingerprint density at radius 2 is 2.27 bits per heavy atom. The molecule has 1 heterocycles. The minimum atomic E-state index is 0.690. The fraction of sp³-hybridized carbons (Fsp3) is 0.421. The molecule has 22 heavy (non-hydrogen) atoms. The van der Waals surface area contributed by atoms with E-state index in [0.717, 1.165) is 28.1 Å². The third kappa shape index (κ3) is 3.40. The zero-order valence-electron chi connectivity index (χ0n) is 13.1.